The molecule has 0 amide bonds. The number of aliphatic hydroxyl groups excluding tert-OH is 1. The van der Waals surface area contributed by atoms with Crippen LogP contribution in [0.25, 0.3) is 0 Å². The molecule has 0 fully saturated rings. The molecular formula is C10H21BrO. The summed E-state index contributed by atoms with van der Waals surface area (Å²) >= 11 is 3.12. The lowest BCUT2D eigenvalue weighted by molar-refractivity contribution is 0.254. The molecule has 0 spiro atoms. The standard InChI is InChI=1S/C10H21BrO/c1-2-3-4-5-6-7-8-9-10(11)12/h10,12H,2-9H2,1H3. The van der Waals surface area contributed by atoms with Gasteiger partial charge in [-0.3, -0.25) is 0 Å². The number of alkyl halides is 1. The van der Waals surface area contributed by atoms with Crippen LogP contribution in [0.4, 0.5) is 0 Å². The van der Waals surface area contributed by atoms with Crippen molar-refractivity contribution in [2.45, 2.75) is 63.3 Å². The van der Waals surface area contributed by atoms with E-state index in [0.717, 1.165) is 12.8 Å². The van der Waals surface area contributed by atoms with E-state index < -0.39 is 0 Å². The van der Waals surface area contributed by atoms with E-state index in [9.17, 15) is 0 Å². The van der Waals surface area contributed by atoms with Gasteiger partial charge in [-0.15, -0.1) is 0 Å². The zero-order valence-corrected chi connectivity index (χ0v) is 9.65. The highest BCUT2D eigenvalue weighted by molar-refractivity contribution is 9.09. The van der Waals surface area contributed by atoms with Crippen molar-refractivity contribution in [1.29, 1.82) is 0 Å². The number of halogens is 1. The Bertz CT molecular complexity index is 83.9. The third kappa shape index (κ3) is 10.4. The first kappa shape index (κ1) is 12.4. The van der Waals surface area contributed by atoms with Crippen molar-refractivity contribution >= 4 is 15.9 Å². The summed E-state index contributed by atoms with van der Waals surface area (Å²) < 4.78 is 0. The van der Waals surface area contributed by atoms with Gasteiger partial charge in [0.1, 0.15) is 5.01 Å². The van der Waals surface area contributed by atoms with Gasteiger partial charge in [-0.1, -0.05) is 61.4 Å². The van der Waals surface area contributed by atoms with Gasteiger partial charge in [-0.25, -0.2) is 0 Å². The van der Waals surface area contributed by atoms with Crippen LogP contribution in [0.3, 0.4) is 0 Å². The van der Waals surface area contributed by atoms with Gasteiger partial charge < -0.3 is 5.11 Å². The van der Waals surface area contributed by atoms with Crippen molar-refractivity contribution in [3.8, 4) is 0 Å². The van der Waals surface area contributed by atoms with Crippen LogP contribution >= 0.6 is 15.9 Å². The molecule has 0 aromatic carbocycles. The van der Waals surface area contributed by atoms with Crippen molar-refractivity contribution in [1.82, 2.24) is 0 Å². The first-order valence-electron chi connectivity index (χ1n) is 5.09. The lowest BCUT2D eigenvalue weighted by atomic mass is 10.1. The lowest BCUT2D eigenvalue weighted by Crippen LogP contribution is -1.93. The summed E-state index contributed by atoms with van der Waals surface area (Å²) in [4.78, 5) is 0. The highest BCUT2D eigenvalue weighted by Crippen LogP contribution is 2.11. The molecule has 0 bridgehead atoms. The molecule has 0 aliphatic carbocycles. The van der Waals surface area contributed by atoms with Crippen LogP contribution in [0.1, 0.15) is 58.3 Å². The Balaban J connectivity index is 2.82. The van der Waals surface area contributed by atoms with Crippen molar-refractivity contribution < 1.29 is 5.11 Å². The van der Waals surface area contributed by atoms with Crippen LogP contribution < -0.4 is 0 Å². The Labute approximate surface area is 84.7 Å². The second-order valence-electron chi connectivity index (χ2n) is 3.34. The Morgan fingerprint density at radius 1 is 1.00 bits per heavy atom. The van der Waals surface area contributed by atoms with Crippen LogP contribution in [-0.2, 0) is 0 Å². The molecule has 0 rings (SSSR count). The molecule has 0 aliphatic rings. The topological polar surface area (TPSA) is 20.2 Å². The minimum absolute atomic E-state index is 0.284. The normalized spacial score (nSPS) is 13.2. The second-order valence-corrected chi connectivity index (χ2v) is 4.40. The average molecular weight is 237 g/mol. The summed E-state index contributed by atoms with van der Waals surface area (Å²) in [6.45, 7) is 2.24. The van der Waals surface area contributed by atoms with Gasteiger partial charge in [-0.05, 0) is 12.8 Å². The molecule has 74 valence electrons. The van der Waals surface area contributed by atoms with Crippen LogP contribution in [0, 0.1) is 0 Å². The summed E-state index contributed by atoms with van der Waals surface area (Å²) in [7, 11) is 0. The molecule has 2 heteroatoms. The summed E-state index contributed by atoms with van der Waals surface area (Å²) in [6, 6.07) is 0. The molecule has 0 aliphatic heterocycles. The second kappa shape index (κ2) is 9.53. The maximum Gasteiger partial charge on any atom is 0.109 e. The average Bonchev–Trinajstić information content (AvgIpc) is 2.02. The Hall–Kier alpha value is 0.440. The van der Waals surface area contributed by atoms with E-state index in [4.69, 9.17) is 5.11 Å². The van der Waals surface area contributed by atoms with Crippen LogP contribution in [-0.4, -0.2) is 10.1 Å². The summed E-state index contributed by atoms with van der Waals surface area (Å²) in [5.41, 5.74) is 0. The largest absolute Gasteiger partial charge is 0.382 e. The number of aliphatic hydroxyl groups is 1. The van der Waals surface area contributed by atoms with Gasteiger partial charge in [0.2, 0.25) is 0 Å². The molecule has 0 heterocycles. The minimum Gasteiger partial charge on any atom is -0.382 e. The lowest BCUT2D eigenvalue weighted by Gasteiger charge is -2.02. The van der Waals surface area contributed by atoms with E-state index in [1.165, 1.54) is 38.5 Å². The van der Waals surface area contributed by atoms with Crippen molar-refractivity contribution in [3.63, 3.8) is 0 Å². The molecule has 0 aromatic heterocycles. The smallest absolute Gasteiger partial charge is 0.109 e. The molecule has 1 nitrogen and oxygen atoms in total. The molecule has 12 heavy (non-hydrogen) atoms. The van der Waals surface area contributed by atoms with Crippen LogP contribution in [0.15, 0.2) is 0 Å². The third-order valence-corrected chi connectivity index (χ3v) is 2.50. The number of rotatable bonds is 8. The van der Waals surface area contributed by atoms with Crippen LogP contribution in [0.5, 0.6) is 0 Å². The van der Waals surface area contributed by atoms with E-state index in [-0.39, 0.29) is 5.01 Å². The van der Waals surface area contributed by atoms with Crippen molar-refractivity contribution in [2.75, 3.05) is 0 Å². The fourth-order valence-electron chi connectivity index (χ4n) is 1.27. The predicted molar refractivity (Wildman–Crippen MR) is 57.5 cm³/mol. The predicted octanol–water partition coefficient (Wildman–Crippen LogP) is 3.84. The maximum absolute atomic E-state index is 8.91. The van der Waals surface area contributed by atoms with E-state index in [1.807, 2.05) is 0 Å². The Morgan fingerprint density at radius 2 is 1.50 bits per heavy atom. The molecule has 1 atom stereocenters. The van der Waals surface area contributed by atoms with Gasteiger partial charge in [-0.2, -0.15) is 0 Å². The molecular weight excluding hydrogens is 216 g/mol. The third-order valence-electron chi connectivity index (χ3n) is 2.05. The van der Waals surface area contributed by atoms with Gasteiger partial charge >= 0.3 is 0 Å². The molecule has 1 N–H and O–H groups in total. The number of hydrogen-bond acceptors (Lipinski definition) is 1. The van der Waals surface area contributed by atoms with Gasteiger partial charge in [0.25, 0.3) is 0 Å². The number of hydrogen-bond donors (Lipinski definition) is 1. The first-order chi connectivity index (χ1) is 5.77. The SMILES string of the molecule is CCCCCCCCCC(O)Br. The van der Waals surface area contributed by atoms with Crippen molar-refractivity contribution in [3.05, 3.63) is 0 Å². The zero-order chi connectivity index (χ0) is 9.23. The highest BCUT2D eigenvalue weighted by Gasteiger charge is 1.96. The highest BCUT2D eigenvalue weighted by atomic mass is 79.9. The number of unbranched alkanes of at least 4 members (excludes halogenated alkanes) is 6. The first-order valence-corrected chi connectivity index (χ1v) is 6.01. The summed E-state index contributed by atoms with van der Waals surface area (Å²) in [5, 5.41) is 8.63. The molecule has 0 radical (unpaired) electrons. The van der Waals surface area contributed by atoms with E-state index in [1.54, 1.807) is 0 Å². The summed E-state index contributed by atoms with van der Waals surface area (Å²) in [6.07, 6.45) is 10.1. The fraction of sp³-hybridized carbons (Fsp3) is 1.00. The molecule has 0 saturated heterocycles. The minimum atomic E-state index is -0.284. The van der Waals surface area contributed by atoms with Crippen molar-refractivity contribution in [2.24, 2.45) is 0 Å². The molecule has 1 unspecified atom stereocenters. The quantitative estimate of drug-likeness (QED) is 0.502. The van der Waals surface area contributed by atoms with Gasteiger partial charge in [0.05, 0.1) is 0 Å². The van der Waals surface area contributed by atoms with E-state index in [2.05, 4.69) is 22.9 Å². The maximum atomic E-state index is 8.91. The van der Waals surface area contributed by atoms with E-state index >= 15 is 0 Å². The zero-order valence-electron chi connectivity index (χ0n) is 8.06. The summed E-state index contributed by atoms with van der Waals surface area (Å²) in [5.74, 6) is 0. The van der Waals surface area contributed by atoms with Crippen LogP contribution in [0.2, 0.25) is 0 Å². The monoisotopic (exact) mass is 236 g/mol. The Kier molecular flexibility index (Phi) is 9.88. The fourth-order valence-corrected chi connectivity index (χ4v) is 1.59. The Morgan fingerprint density at radius 3 is 2.00 bits per heavy atom. The van der Waals surface area contributed by atoms with Gasteiger partial charge in [0.15, 0.2) is 0 Å². The van der Waals surface area contributed by atoms with Gasteiger partial charge in [0, 0.05) is 0 Å². The molecule has 0 aromatic rings. The van der Waals surface area contributed by atoms with E-state index in [0.29, 0.717) is 0 Å². The molecule has 0 saturated carbocycles.